The van der Waals surface area contributed by atoms with Gasteiger partial charge in [0.1, 0.15) is 16.6 Å². The van der Waals surface area contributed by atoms with Gasteiger partial charge in [-0.2, -0.15) is 8.78 Å². The van der Waals surface area contributed by atoms with Crippen LogP contribution in [0.2, 0.25) is 0 Å². The molecule has 0 spiro atoms. The van der Waals surface area contributed by atoms with E-state index in [4.69, 9.17) is 22.7 Å². The Labute approximate surface area is 125 Å². The summed E-state index contributed by atoms with van der Waals surface area (Å²) in [6, 6.07) is 11.1. The first-order chi connectivity index (χ1) is 9.92. The molecule has 0 amide bonds. The van der Waals surface area contributed by atoms with Gasteiger partial charge >= 0.3 is 5.92 Å². The van der Waals surface area contributed by atoms with Crippen molar-refractivity contribution in [3.63, 3.8) is 0 Å². The van der Waals surface area contributed by atoms with Gasteiger partial charge in [0.05, 0.1) is 5.56 Å². The van der Waals surface area contributed by atoms with Crippen molar-refractivity contribution in [3.05, 3.63) is 65.5 Å². The van der Waals surface area contributed by atoms with Crippen molar-refractivity contribution in [2.45, 2.75) is 5.92 Å². The summed E-state index contributed by atoms with van der Waals surface area (Å²) in [5.41, 5.74) is 5.04. The molecule has 2 rings (SSSR count). The molecule has 2 aromatic carbocycles. The topological polar surface area (TPSA) is 35.2 Å². The highest BCUT2D eigenvalue weighted by atomic mass is 32.1. The highest BCUT2D eigenvalue weighted by Crippen LogP contribution is 2.30. The van der Waals surface area contributed by atoms with Crippen LogP contribution in [0.15, 0.2) is 48.5 Å². The number of alkyl halides is 2. The number of hydrogen-bond acceptors (Lipinski definition) is 2. The van der Waals surface area contributed by atoms with Crippen LogP contribution in [-0.2, 0) is 5.92 Å². The fourth-order valence-corrected chi connectivity index (χ4v) is 2.00. The van der Waals surface area contributed by atoms with E-state index in [9.17, 15) is 13.2 Å². The van der Waals surface area contributed by atoms with Gasteiger partial charge in [0.25, 0.3) is 0 Å². The Balaban J connectivity index is 2.21. The van der Waals surface area contributed by atoms with E-state index in [1.165, 1.54) is 36.4 Å². The highest BCUT2D eigenvalue weighted by Gasteiger charge is 2.33. The van der Waals surface area contributed by atoms with Gasteiger partial charge in [0.2, 0.25) is 0 Å². The summed E-state index contributed by atoms with van der Waals surface area (Å²) in [6.07, 6.45) is 0. The number of thiocarbonyl (C=S) groups is 1. The third-order valence-corrected chi connectivity index (χ3v) is 3.03. The summed E-state index contributed by atoms with van der Waals surface area (Å²) in [7, 11) is 0. The van der Waals surface area contributed by atoms with Crippen molar-refractivity contribution in [3.8, 4) is 5.75 Å². The Morgan fingerprint density at radius 3 is 2.38 bits per heavy atom. The van der Waals surface area contributed by atoms with Gasteiger partial charge in [-0.05, 0) is 12.1 Å². The van der Waals surface area contributed by atoms with Gasteiger partial charge in [0.15, 0.2) is 6.61 Å². The number of rotatable bonds is 5. The van der Waals surface area contributed by atoms with Gasteiger partial charge in [0, 0.05) is 5.56 Å². The summed E-state index contributed by atoms with van der Waals surface area (Å²) >= 11 is 4.71. The van der Waals surface area contributed by atoms with E-state index < -0.39 is 18.3 Å². The van der Waals surface area contributed by atoms with Crippen molar-refractivity contribution >= 4 is 17.2 Å². The molecule has 0 aromatic heterocycles. The molecule has 2 N–H and O–H groups in total. The minimum atomic E-state index is -3.21. The third kappa shape index (κ3) is 3.52. The molecule has 0 saturated carbocycles. The molecular weight excluding hydrogens is 299 g/mol. The maximum Gasteiger partial charge on any atom is 0.306 e. The van der Waals surface area contributed by atoms with Gasteiger partial charge in [-0.15, -0.1) is 0 Å². The summed E-state index contributed by atoms with van der Waals surface area (Å²) in [4.78, 5) is -0.244. The predicted molar refractivity (Wildman–Crippen MR) is 78.1 cm³/mol. The van der Waals surface area contributed by atoms with E-state index in [1.54, 1.807) is 6.07 Å². The fourth-order valence-electron chi connectivity index (χ4n) is 1.80. The normalized spacial score (nSPS) is 11.2. The highest BCUT2D eigenvalue weighted by molar-refractivity contribution is 7.80. The molecule has 0 heterocycles. The fraction of sp³-hybridized carbons (Fsp3) is 0.133. The average molecular weight is 311 g/mol. The second kappa shape index (κ2) is 6.13. The molecule has 0 aliphatic rings. The van der Waals surface area contributed by atoms with Crippen LogP contribution < -0.4 is 10.5 Å². The maximum atomic E-state index is 14.0. The second-order valence-corrected chi connectivity index (χ2v) is 4.78. The molecule has 0 bridgehead atoms. The zero-order chi connectivity index (χ0) is 15.5. The Morgan fingerprint density at radius 1 is 1.10 bits per heavy atom. The van der Waals surface area contributed by atoms with Crippen LogP contribution in [-0.4, -0.2) is 11.6 Å². The lowest BCUT2D eigenvalue weighted by Crippen LogP contribution is -2.24. The van der Waals surface area contributed by atoms with Crippen LogP contribution >= 0.6 is 12.2 Å². The van der Waals surface area contributed by atoms with E-state index in [0.29, 0.717) is 0 Å². The number of hydrogen-bond donors (Lipinski definition) is 1. The number of nitrogens with two attached hydrogens (primary N) is 1. The summed E-state index contributed by atoms with van der Waals surface area (Å²) in [5.74, 6) is -4.01. The monoisotopic (exact) mass is 311 g/mol. The maximum absolute atomic E-state index is 14.0. The minimum absolute atomic E-state index is 0.0990. The quantitative estimate of drug-likeness (QED) is 0.857. The SMILES string of the molecule is NC(=S)c1c(F)cccc1OCC(F)(F)c1ccccc1. The molecule has 0 saturated heterocycles. The van der Waals surface area contributed by atoms with E-state index in [-0.39, 0.29) is 21.9 Å². The Morgan fingerprint density at radius 2 is 1.76 bits per heavy atom. The molecular formula is C15H12F3NOS. The second-order valence-electron chi connectivity index (χ2n) is 4.34. The van der Waals surface area contributed by atoms with Crippen LogP contribution in [0.1, 0.15) is 11.1 Å². The average Bonchev–Trinajstić information content (AvgIpc) is 2.46. The molecule has 110 valence electrons. The Kier molecular flexibility index (Phi) is 4.47. The largest absolute Gasteiger partial charge is 0.486 e. The summed E-state index contributed by atoms with van der Waals surface area (Å²) in [6.45, 7) is -0.934. The van der Waals surface area contributed by atoms with Crippen LogP contribution in [0.5, 0.6) is 5.75 Å². The standard InChI is InChI=1S/C15H12F3NOS/c16-11-7-4-8-12(13(11)14(19)21)20-9-15(17,18)10-5-2-1-3-6-10/h1-8H,9H2,(H2,19,21). The van der Waals surface area contributed by atoms with Gasteiger partial charge in [-0.1, -0.05) is 48.6 Å². The zero-order valence-electron chi connectivity index (χ0n) is 10.9. The van der Waals surface area contributed by atoms with Gasteiger partial charge in [-0.25, -0.2) is 4.39 Å². The first-order valence-corrected chi connectivity index (χ1v) is 6.47. The Hall–Kier alpha value is -2.08. The first kappa shape index (κ1) is 15.3. The van der Waals surface area contributed by atoms with Crippen molar-refractivity contribution < 1.29 is 17.9 Å². The van der Waals surface area contributed by atoms with Crippen molar-refractivity contribution in [1.29, 1.82) is 0 Å². The molecule has 0 unspecified atom stereocenters. The van der Waals surface area contributed by atoms with Gasteiger partial charge < -0.3 is 10.5 Å². The molecule has 21 heavy (non-hydrogen) atoms. The first-order valence-electron chi connectivity index (χ1n) is 6.06. The Bertz CT molecular complexity index is 647. The zero-order valence-corrected chi connectivity index (χ0v) is 11.7. The third-order valence-electron chi connectivity index (χ3n) is 2.83. The number of ether oxygens (including phenoxy) is 1. The smallest absolute Gasteiger partial charge is 0.306 e. The number of halogens is 3. The van der Waals surface area contributed by atoms with Crippen molar-refractivity contribution in [2.24, 2.45) is 5.73 Å². The summed E-state index contributed by atoms with van der Waals surface area (Å²) in [5, 5.41) is 0. The van der Waals surface area contributed by atoms with Gasteiger partial charge in [-0.3, -0.25) is 0 Å². The molecule has 0 atom stereocenters. The molecule has 0 radical (unpaired) electrons. The number of benzene rings is 2. The molecule has 6 heteroatoms. The van der Waals surface area contributed by atoms with E-state index in [2.05, 4.69) is 0 Å². The molecule has 0 aliphatic carbocycles. The van der Waals surface area contributed by atoms with Crippen LogP contribution in [0, 0.1) is 5.82 Å². The lowest BCUT2D eigenvalue weighted by Gasteiger charge is -2.18. The summed E-state index contributed by atoms with van der Waals surface area (Å²) < 4.78 is 46.6. The van der Waals surface area contributed by atoms with E-state index >= 15 is 0 Å². The predicted octanol–water partition coefficient (Wildman–Crippen LogP) is 3.63. The van der Waals surface area contributed by atoms with E-state index in [0.717, 1.165) is 6.07 Å². The molecule has 0 fully saturated rings. The van der Waals surface area contributed by atoms with Crippen LogP contribution in [0.25, 0.3) is 0 Å². The van der Waals surface area contributed by atoms with Crippen LogP contribution in [0.4, 0.5) is 13.2 Å². The molecule has 0 aliphatic heterocycles. The molecule has 2 nitrogen and oxygen atoms in total. The van der Waals surface area contributed by atoms with Crippen LogP contribution in [0.3, 0.4) is 0 Å². The lowest BCUT2D eigenvalue weighted by molar-refractivity contribution is -0.0468. The molecule has 2 aromatic rings. The minimum Gasteiger partial charge on any atom is -0.486 e. The van der Waals surface area contributed by atoms with Crippen molar-refractivity contribution in [1.82, 2.24) is 0 Å². The van der Waals surface area contributed by atoms with E-state index in [1.807, 2.05) is 0 Å². The lowest BCUT2D eigenvalue weighted by atomic mass is 10.1. The van der Waals surface area contributed by atoms with Crippen molar-refractivity contribution in [2.75, 3.05) is 6.61 Å².